The largest absolute Gasteiger partial charge is 0.352 e. The summed E-state index contributed by atoms with van der Waals surface area (Å²) in [5, 5.41) is 2.88. The molecular weight excluding hydrogens is 240 g/mol. The topological polar surface area (TPSA) is 49.4 Å². The van der Waals surface area contributed by atoms with Gasteiger partial charge in [0.2, 0.25) is 5.91 Å². The Bertz CT molecular complexity index is 456. The van der Waals surface area contributed by atoms with Gasteiger partial charge < -0.3 is 10.2 Å². The predicted octanol–water partition coefficient (Wildman–Crippen LogP) is 2.05. The number of carbonyl (C=O) groups excluding carboxylic acids is 2. The van der Waals surface area contributed by atoms with Crippen molar-refractivity contribution in [1.82, 2.24) is 10.2 Å². The molecule has 0 atom stereocenters. The average molecular weight is 262 g/mol. The Balaban J connectivity index is 2.63. The minimum atomic E-state index is -0.388. The van der Waals surface area contributed by atoms with Crippen LogP contribution in [0.1, 0.15) is 36.7 Å². The molecule has 0 spiro atoms. The predicted molar refractivity (Wildman–Crippen MR) is 75.8 cm³/mol. The zero-order chi connectivity index (χ0) is 14.6. The lowest BCUT2D eigenvalue weighted by atomic mass is 9.95. The van der Waals surface area contributed by atoms with Gasteiger partial charge in [-0.15, -0.1) is 0 Å². The van der Waals surface area contributed by atoms with Crippen molar-refractivity contribution < 1.29 is 9.59 Å². The fraction of sp³-hybridized carbons (Fsp3) is 0.467. The van der Waals surface area contributed by atoms with Crippen LogP contribution in [0.5, 0.6) is 0 Å². The molecule has 4 nitrogen and oxygen atoms in total. The highest BCUT2D eigenvalue weighted by Gasteiger charge is 2.20. The van der Waals surface area contributed by atoms with Crippen molar-refractivity contribution in [3.8, 4) is 0 Å². The third-order valence-electron chi connectivity index (χ3n) is 2.74. The van der Waals surface area contributed by atoms with Gasteiger partial charge in [0.15, 0.2) is 0 Å². The number of carbonyl (C=O) groups is 2. The van der Waals surface area contributed by atoms with E-state index in [1.54, 1.807) is 26.2 Å². The molecule has 0 aliphatic rings. The minimum Gasteiger partial charge on any atom is -0.352 e. The van der Waals surface area contributed by atoms with Crippen LogP contribution >= 0.6 is 0 Å². The van der Waals surface area contributed by atoms with E-state index < -0.39 is 0 Å². The molecule has 0 heterocycles. The van der Waals surface area contributed by atoms with E-state index in [4.69, 9.17) is 0 Å². The molecule has 4 heteroatoms. The molecule has 104 valence electrons. The van der Waals surface area contributed by atoms with Gasteiger partial charge in [-0.2, -0.15) is 0 Å². The van der Waals surface area contributed by atoms with Crippen molar-refractivity contribution in [1.29, 1.82) is 0 Å². The number of amides is 2. The van der Waals surface area contributed by atoms with Crippen LogP contribution in [-0.2, 0) is 11.3 Å². The molecule has 1 N–H and O–H groups in total. The van der Waals surface area contributed by atoms with Gasteiger partial charge >= 0.3 is 0 Å². The summed E-state index contributed by atoms with van der Waals surface area (Å²) in [4.78, 5) is 25.0. The van der Waals surface area contributed by atoms with Crippen molar-refractivity contribution >= 4 is 11.8 Å². The molecule has 2 amide bonds. The van der Waals surface area contributed by atoms with Crippen LogP contribution in [-0.4, -0.2) is 30.8 Å². The highest BCUT2D eigenvalue weighted by atomic mass is 16.2. The fourth-order valence-electron chi connectivity index (χ4n) is 1.47. The third kappa shape index (κ3) is 4.39. The average Bonchev–Trinajstić information content (AvgIpc) is 2.34. The molecule has 0 radical (unpaired) electrons. The molecule has 0 aliphatic heterocycles. The first-order valence-electron chi connectivity index (χ1n) is 6.30. The molecule has 0 aliphatic carbocycles. The summed E-state index contributed by atoms with van der Waals surface area (Å²) in [6.45, 7) is 6.11. The maximum absolute atomic E-state index is 11.7. The Kier molecular flexibility index (Phi) is 4.70. The van der Waals surface area contributed by atoms with Crippen LogP contribution in [0.3, 0.4) is 0 Å². The van der Waals surface area contributed by atoms with E-state index >= 15 is 0 Å². The number of rotatable bonds is 3. The van der Waals surface area contributed by atoms with Crippen LogP contribution in [0.4, 0.5) is 0 Å². The number of benzene rings is 1. The first-order chi connectivity index (χ1) is 8.71. The Morgan fingerprint density at radius 1 is 1.11 bits per heavy atom. The van der Waals surface area contributed by atoms with E-state index in [-0.39, 0.29) is 17.2 Å². The van der Waals surface area contributed by atoms with Crippen LogP contribution in [0.15, 0.2) is 24.3 Å². The standard InChI is InChI=1S/C15H22N2O2/c1-15(2,3)14(19)16-10-11-6-8-12(9-7-11)13(18)17(4)5/h6-9H,10H2,1-5H3,(H,16,19). The van der Waals surface area contributed by atoms with Gasteiger partial charge in [-0.1, -0.05) is 32.9 Å². The molecule has 0 bridgehead atoms. The molecule has 19 heavy (non-hydrogen) atoms. The van der Waals surface area contributed by atoms with E-state index in [2.05, 4.69) is 5.32 Å². The second kappa shape index (κ2) is 5.87. The van der Waals surface area contributed by atoms with E-state index in [1.807, 2.05) is 32.9 Å². The fourth-order valence-corrected chi connectivity index (χ4v) is 1.47. The van der Waals surface area contributed by atoms with E-state index in [1.165, 1.54) is 4.90 Å². The Morgan fingerprint density at radius 2 is 1.63 bits per heavy atom. The zero-order valence-electron chi connectivity index (χ0n) is 12.3. The lowest BCUT2D eigenvalue weighted by molar-refractivity contribution is -0.128. The smallest absolute Gasteiger partial charge is 0.253 e. The normalized spacial score (nSPS) is 11.0. The van der Waals surface area contributed by atoms with Gasteiger partial charge in [-0.05, 0) is 17.7 Å². The first kappa shape index (κ1) is 15.2. The van der Waals surface area contributed by atoms with Crippen molar-refractivity contribution in [3.05, 3.63) is 35.4 Å². The van der Waals surface area contributed by atoms with Crippen molar-refractivity contribution in [2.75, 3.05) is 14.1 Å². The summed E-state index contributed by atoms with van der Waals surface area (Å²) in [5.74, 6) is -0.00813. The molecule has 1 aromatic carbocycles. The Morgan fingerprint density at radius 3 is 2.05 bits per heavy atom. The van der Waals surface area contributed by atoms with Gasteiger partial charge in [-0.25, -0.2) is 0 Å². The maximum atomic E-state index is 11.7. The van der Waals surface area contributed by atoms with Gasteiger partial charge in [0.05, 0.1) is 0 Å². The summed E-state index contributed by atoms with van der Waals surface area (Å²) >= 11 is 0. The highest BCUT2D eigenvalue weighted by molar-refractivity contribution is 5.93. The molecule has 1 aromatic rings. The third-order valence-corrected chi connectivity index (χ3v) is 2.74. The van der Waals surface area contributed by atoms with Gasteiger partial charge in [0.25, 0.3) is 5.91 Å². The first-order valence-corrected chi connectivity index (χ1v) is 6.30. The van der Waals surface area contributed by atoms with E-state index in [0.717, 1.165) is 5.56 Å². The van der Waals surface area contributed by atoms with Crippen molar-refractivity contribution in [2.45, 2.75) is 27.3 Å². The maximum Gasteiger partial charge on any atom is 0.253 e. The summed E-state index contributed by atoms with van der Waals surface area (Å²) in [6.07, 6.45) is 0. The van der Waals surface area contributed by atoms with Gasteiger partial charge in [-0.3, -0.25) is 9.59 Å². The zero-order valence-corrected chi connectivity index (χ0v) is 12.3. The Labute approximate surface area is 114 Å². The monoisotopic (exact) mass is 262 g/mol. The van der Waals surface area contributed by atoms with Crippen LogP contribution < -0.4 is 5.32 Å². The molecule has 1 rings (SSSR count). The second-order valence-corrected chi connectivity index (χ2v) is 5.83. The van der Waals surface area contributed by atoms with Gasteiger partial charge in [0.1, 0.15) is 0 Å². The molecule has 0 saturated heterocycles. The molecule has 0 aromatic heterocycles. The van der Waals surface area contributed by atoms with Crippen molar-refractivity contribution in [3.63, 3.8) is 0 Å². The summed E-state index contributed by atoms with van der Waals surface area (Å²) < 4.78 is 0. The van der Waals surface area contributed by atoms with Crippen LogP contribution in [0.25, 0.3) is 0 Å². The Hall–Kier alpha value is -1.84. The minimum absolute atomic E-state index is 0.0148. The van der Waals surface area contributed by atoms with E-state index in [0.29, 0.717) is 12.1 Å². The lowest BCUT2D eigenvalue weighted by Gasteiger charge is -2.17. The highest BCUT2D eigenvalue weighted by Crippen LogP contribution is 2.13. The summed E-state index contributed by atoms with van der Waals surface area (Å²) in [7, 11) is 3.44. The van der Waals surface area contributed by atoms with Crippen LogP contribution in [0.2, 0.25) is 0 Å². The van der Waals surface area contributed by atoms with Crippen LogP contribution in [0, 0.1) is 5.41 Å². The van der Waals surface area contributed by atoms with Crippen molar-refractivity contribution in [2.24, 2.45) is 5.41 Å². The molecule has 0 unspecified atom stereocenters. The number of hydrogen-bond acceptors (Lipinski definition) is 2. The lowest BCUT2D eigenvalue weighted by Crippen LogP contribution is -2.34. The SMILES string of the molecule is CN(C)C(=O)c1ccc(CNC(=O)C(C)(C)C)cc1. The van der Waals surface area contributed by atoms with Gasteiger partial charge in [0, 0.05) is 31.6 Å². The molecule has 0 fully saturated rings. The number of hydrogen-bond donors (Lipinski definition) is 1. The number of nitrogens with one attached hydrogen (secondary N) is 1. The summed E-state index contributed by atoms with van der Waals surface area (Å²) in [6, 6.07) is 7.28. The summed E-state index contributed by atoms with van der Waals surface area (Å²) in [5.41, 5.74) is 1.24. The second-order valence-electron chi connectivity index (χ2n) is 5.83. The molecular formula is C15H22N2O2. The molecule has 0 saturated carbocycles. The van der Waals surface area contributed by atoms with E-state index in [9.17, 15) is 9.59 Å². The number of nitrogens with zero attached hydrogens (tertiary/aromatic N) is 1. The quantitative estimate of drug-likeness (QED) is 0.906.